The van der Waals surface area contributed by atoms with E-state index in [4.69, 9.17) is 9.47 Å². The van der Waals surface area contributed by atoms with E-state index in [0.29, 0.717) is 18.3 Å². The second-order valence-corrected chi connectivity index (χ2v) is 11.0. The maximum atomic E-state index is 12.9. The van der Waals surface area contributed by atoms with Crippen molar-refractivity contribution in [3.8, 4) is 0 Å². The van der Waals surface area contributed by atoms with Gasteiger partial charge in [-0.1, -0.05) is 13.8 Å². The lowest BCUT2D eigenvalue weighted by molar-refractivity contribution is -0.173. The fourth-order valence-electron chi connectivity index (χ4n) is 8.42. The van der Waals surface area contributed by atoms with Crippen molar-refractivity contribution < 1.29 is 29.3 Å². The number of esters is 1. The van der Waals surface area contributed by atoms with Gasteiger partial charge in [0, 0.05) is 24.2 Å². The van der Waals surface area contributed by atoms with Crippen molar-refractivity contribution in [1.29, 1.82) is 0 Å². The summed E-state index contributed by atoms with van der Waals surface area (Å²) in [4.78, 5) is 24.1. The van der Waals surface area contributed by atoms with Gasteiger partial charge in [-0.15, -0.1) is 0 Å². The van der Waals surface area contributed by atoms with Crippen LogP contribution in [0.5, 0.6) is 0 Å². The molecule has 9 atom stereocenters. The zero-order chi connectivity index (χ0) is 20.8. The Morgan fingerprint density at radius 1 is 1.07 bits per heavy atom. The van der Waals surface area contributed by atoms with Gasteiger partial charge in [-0.3, -0.25) is 9.59 Å². The first-order valence-corrected chi connectivity index (χ1v) is 11.3. The molecule has 0 aromatic carbocycles. The van der Waals surface area contributed by atoms with Crippen LogP contribution in [0.4, 0.5) is 0 Å². The molecule has 5 aliphatic rings. The second-order valence-electron chi connectivity index (χ2n) is 11.0. The first-order chi connectivity index (χ1) is 13.6. The van der Waals surface area contributed by atoms with Gasteiger partial charge < -0.3 is 19.7 Å². The highest BCUT2D eigenvalue weighted by Crippen LogP contribution is 2.74. The molecule has 4 saturated carbocycles. The van der Waals surface area contributed by atoms with E-state index in [0.717, 1.165) is 44.9 Å². The molecule has 1 spiro atoms. The summed E-state index contributed by atoms with van der Waals surface area (Å²) in [5.74, 6) is 0.379. The molecular weight excluding hydrogens is 372 g/mol. The molecule has 5 fully saturated rings. The number of aliphatic hydroxyl groups excluding tert-OH is 1. The summed E-state index contributed by atoms with van der Waals surface area (Å²) in [5, 5.41) is 21.8. The molecule has 1 aliphatic heterocycles. The lowest BCUT2D eigenvalue weighted by atomic mass is 9.44. The summed E-state index contributed by atoms with van der Waals surface area (Å²) in [6, 6.07) is 0. The number of hydrogen-bond acceptors (Lipinski definition) is 6. The van der Waals surface area contributed by atoms with Crippen LogP contribution in [0.2, 0.25) is 0 Å². The van der Waals surface area contributed by atoms with Crippen LogP contribution >= 0.6 is 0 Å². The number of hydrogen-bond donors (Lipinski definition) is 2. The molecule has 0 bridgehead atoms. The Morgan fingerprint density at radius 3 is 2.45 bits per heavy atom. The van der Waals surface area contributed by atoms with Crippen molar-refractivity contribution in [3.63, 3.8) is 0 Å². The van der Waals surface area contributed by atoms with E-state index in [-0.39, 0.29) is 41.5 Å². The normalized spacial score (nSPS) is 55.1. The predicted octanol–water partition coefficient (Wildman–Crippen LogP) is 2.38. The van der Waals surface area contributed by atoms with Gasteiger partial charge in [-0.2, -0.15) is 0 Å². The predicted molar refractivity (Wildman–Crippen MR) is 104 cm³/mol. The van der Waals surface area contributed by atoms with Crippen LogP contribution < -0.4 is 0 Å². The third-order valence-corrected chi connectivity index (χ3v) is 10.1. The molecule has 0 aromatic heterocycles. The van der Waals surface area contributed by atoms with Gasteiger partial charge in [0.25, 0.3) is 0 Å². The van der Waals surface area contributed by atoms with E-state index in [1.165, 1.54) is 6.92 Å². The molecule has 0 unspecified atom stereocenters. The minimum Gasteiger partial charge on any atom is -0.458 e. The summed E-state index contributed by atoms with van der Waals surface area (Å²) < 4.78 is 11.3. The van der Waals surface area contributed by atoms with Crippen LogP contribution in [-0.2, 0) is 19.1 Å². The van der Waals surface area contributed by atoms with Crippen LogP contribution in [0.1, 0.15) is 72.1 Å². The van der Waals surface area contributed by atoms with Gasteiger partial charge in [0.05, 0.1) is 12.2 Å². The fraction of sp³-hybridized carbons (Fsp3) is 0.913. The third-order valence-electron chi connectivity index (χ3n) is 10.1. The van der Waals surface area contributed by atoms with Gasteiger partial charge in [0.2, 0.25) is 5.78 Å². The summed E-state index contributed by atoms with van der Waals surface area (Å²) in [6.07, 6.45) is 6.57. The summed E-state index contributed by atoms with van der Waals surface area (Å²) in [6.45, 7) is 5.39. The van der Waals surface area contributed by atoms with Crippen molar-refractivity contribution in [1.82, 2.24) is 0 Å². The Morgan fingerprint density at radius 2 is 1.72 bits per heavy atom. The average molecular weight is 407 g/mol. The molecule has 6 nitrogen and oxygen atoms in total. The minimum atomic E-state index is -1.42. The lowest BCUT2D eigenvalue weighted by Crippen LogP contribution is -2.61. The van der Waals surface area contributed by atoms with Crippen LogP contribution in [0.15, 0.2) is 0 Å². The number of carbonyl (C=O) groups is 2. The van der Waals surface area contributed by atoms with Gasteiger partial charge in [0.1, 0.15) is 11.2 Å². The molecule has 0 amide bonds. The minimum absolute atomic E-state index is 0.0730. The van der Waals surface area contributed by atoms with Crippen LogP contribution in [0, 0.1) is 28.6 Å². The van der Waals surface area contributed by atoms with Crippen molar-refractivity contribution in [2.45, 2.75) is 95.5 Å². The Hall–Kier alpha value is -0.980. The highest BCUT2D eigenvalue weighted by Gasteiger charge is 2.77. The molecule has 1 saturated heterocycles. The smallest absolute Gasteiger partial charge is 0.303 e. The maximum absolute atomic E-state index is 12.9. The summed E-state index contributed by atoms with van der Waals surface area (Å²) in [5.41, 5.74) is -1.98. The highest BCUT2D eigenvalue weighted by molar-refractivity contribution is 5.90. The second kappa shape index (κ2) is 6.04. The van der Waals surface area contributed by atoms with Crippen molar-refractivity contribution in [2.75, 3.05) is 6.61 Å². The first-order valence-electron chi connectivity index (χ1n) is 11.3. The van der Waals surface area contributed by atoms with Crippen LogP contribution in [-0.4, -0.2) is 52.0 Å². The zero-order valence-corrected chi connectivity index (χ0v) is 17.8. The number of epoxide rings is 1. The van der Waals surface area contributed by atoms with Crippen molar-refractivity contribution >= 4 is 11.8 Å². The third kappa shape index (κ3) is 2.40. The molecule has 162 valence electrons. The van der Waals surface area contributed by atoms with Crippen molar-refractivity contribution in [3.05, 3.63) is 0 Å². The molecule has 2 N–H and O–H groups in total. The Kier molecular flexibility index (Phi) is 4.16. The molecule has 29 heavy (non-hydrogen) atoms. The molecule has 4 aliphatic carbocycles. The maximum Gasteiger partial charge on any atom is 0.303 e. The summed E-state index contributed by atoms with van der Waals surface area (Å²) in [7, 11) is 0. The number of ketones is 1. The van der Waals surface area contributed by atoms with Crippen LogP contribution in [0.25, 0.3) is 0 Å². The van der Waals surface area contributed by atoms with E-state index in [1.54, 1.807) is 0 Å². The Bertz CT molecular complexity index is 752. The van der Waals surface area contributed by atoms with E-state index in [9.17, 15) is 19.8 Å². The van der Waals surface area contributed by atoms with Gasteiger partial charge in [-0.25, -0.2) is 0 Å². The molecule has 0 aromatic rings. The van der Waals surface area contributed by atoms with Crippen molar-refractivity contribution in [2.24, 2.45) is 28.6 Å². The number of ether oxygens (including phenoxy) is 2. The molecular formula is C23H34O6. The molecule has 1 heterocycles. The molecule has 0 radical (unpaired) electrons. The molecule has 6 heteroatoms. The quantitative estimate of drug-likeness (QED) is 0.552. The Balaban J connectivity index is 1.42. The van der Waals surface area contributed by atoms with Gasteiger partial charge >= 0.3 is 5.97 Å². The van der Waals surface area contributed by atoms with Crippen LogP contribution in [0.3, 0.4) is 0 Å². The number of Topliss-reactive ketones (excluding diaryl/α,β-unsaturated/α-hetero) is 1. The number of aliphatic hydroxyl groups is 2. The standard InChI is InChI=1S/C23H34O6/c1-13(24)28-12-18(26)22(27)9-6-16-15-10-19-23(29-19)11-14(25)4-7-21(23,3)17(15)5-8-20(16,22)2/h14-17,19,25,27H,4-12H2,1-3H3/t14-,15+,16+,17+,19+,20+,21-,22+,23+/m1/s1. The van der Waals surface area contributed by atoms with E-state index < -0.39 is 17.0 Å². The number of fused-ring (bicyclic) bond motifs is 4. The number of rotatable bonds is 3. The fourth-order valence-corrected chi connectivity index (χ4v) is 8.42. The first kappa shape index (κ1) is 20.0. The highest BCUT2D eigenvalue weighted by atomic mass is 16.6. The molecule has 5 rings (SSSR count). The summed E-state index contributed by atoms with van der Waals surface area (Å²) >= 11 is 0. The zero-order valence-electron chi connectivity index (χ0n) is 17.8. The Labute approximate surface area is 172 Å². The monoisotopic (exact) mass is 406 g/mol. The largest absolute Gasteiger partial charge is 0.458 e. The lowest BCUT2D eigenvalue weighted by Gasteiger charge is -2.59. The van der Waals surface area contributed by atoms with E-state index in [1.807, 2.05) is 0 Å². The topological polar surface area (TPSA) is 96.4 Å². The van der Waals surface area contributed by atoms with E-state index in [2.05, 4.69) is 13.8 Å². The van der Waals surface area contributed by atoms with E-state index >= 15 is 0 Å². The SMILES string of the molecule is CC(=O)OCC(=O)[C@@]1(O)CC[C@H]2[C@@H]3C[C@@H]4O[C@@]45C[C@H](O)CC[C@]5(C)[C@H]3CC[C@@]21C. The van der Waals surface area contributed by atoms with Gasteiger partial charge in [0.15, 0.2) is 6.61 Å². The number of carbonyl (C=O) groups excluding carboxylic acids is 2. The average Bonchev–Trinajstić information content (AvgIpc) is 3.28. The van der Waals surface area contributed by atoms with Gasteiger partial charge in [-0.05, 0) is 62.7 Å².